The van der Waals surface area contributed by atoms with E-state index >= 15 is 0 Å². The second-order valence-corrected chi connectivity index (χ2v) is 17.7. The maximum atomic E-state index is 14.0. The van der Waals surface area contributed by atoms with Crippen LogP contribution in [-0.4, -0.2) is 99.9 Å². The number of hydrogen-bond acceptors (Lipinski definition) is 11. The Hall–Kier alpha value is -3.08. The molecule has 50 heavy (non-hydrogen) atoms. The van der Waals surface area contributed by atoms with Crippen LogP contribution in [0.4, 0.5) is 0 Å². The van der Waals surface area contributed by atoms with Gasteiger partial charge in [-0.25, -0.2) is 16.8 Å². The van der Waals surface area contributed by atoms with Gasteiger partial charge in [0.1, 0.15) is 29.1 Å². The van der Waals surface area contributed by atoms with Gasteiger partial charge in [0, 0.05) is 32.2 Å². The lowest BCUT2D eigenvalue weighted by atomic mass is 9.88. The summed E-state index contributed by atoms with van der Waals surface area (Å²) >= 11 is 0. The highest BCUT2D eigenvalue weighted by Crippen LogP contribution is 2.46. The number of aliphatic hydroxyl groups is 2. The van der Waals surface area contributed by atoms with Gasteiger partial charge in [0.15, 0.2) is 9.84 Å². The first-order valence-electron chi connectivity index (χ1n) is 17.1. The predicted octanol–water partition coefficient (Wildman–Crippen LogP) is 2.85. The summed E-state index contributed by atoms with van der Waals surface area (Å²) in [5, 5.41) is 23.6. The number of nitrogens with one attached hydrogen (secondary N) is 1. The zero-order valence-corrected chi connectivity index (χ0v) is 29.9. The Morgan fingerprint density at radius 1 is 0.980 bits per heavy atom. The summed E-state index contributed by atoms with van der Waals surface area (Å²) in [5.74, 6) is 0.648. The van der Waals surface area contributed by atoms with Gasteiger partial charge in [-0.15, -0.1) is 0 Å². The van der Waals surface area contributed by atoms with Gasteiger partial charge in [0.2, 0.25) is 10.0 Å². The molecule has 3 fully saturated rings. The number of aliphatic hydroxyl groups excluding tert-OH is 2. The van der Waals surface area contributed by atoms with Crippen LogP contribution in [0.25, 0.3) is 11.1 Å². The highest BCUT2D eigenvalue weighted by molar-refractivity contribution is 7.93. The van der Waals surface area contributed by atoms with Crippen LogP contribution in [0.15, 0.2) is 76.5 Å². The molecule has 2 atom stereocenters. The number of benzene rings is 3. The van der Waals surface area contributed by atoms with E-state index in [1.807, 2.05) is 37.3 Å². The molecule has 12 nitrogen and oxygen atoms in total. The minimum absolute atomic E-state index is 0.0265. The Labute approximate surface area is 294 Å². The van der Waals surface area contributed by atoms with Crippen LogP contribution in [0.1, 0.15) is 44.6 Å². The summed E-state index contributed by atoms with van der Waals surface area (Å²) in [6.45, 7) is 3.42. The number of nitrogens with zero attached hydrogens (tertiary/aromatic N) is 1. The quantitative estimate of drug-likeness (QED) is 0.181. The molecule has 14 heteroatoms. The van der Waals surface area contributed by atoms with E-state index in [9.17, 15) is 27.0 Å². The van der Waals surface area contributed by atoms with Crippen molar-refractivity contribution in [1.82, 2.24) is 9.62 Å². The second-order valence-electron chi connectivity index (χ2n) is 13.5. The fourth-order valence-corrected chi connectivity index (χ4v) is 10.2. The zero-order valence-electron chi connectivity index (χ0n) is 28.3. The van der Waals surface area contributed by atoms with Crippen LogP contribution in [0.5, 0.6) is 11.5 Å². The van der Waals surface area contributed by atoms with Crippen molar-refractivity contribution in [3.63, 3.8) is 0 Å². The van der Waals surface area contributed by atoms with E-state index in [0.29, 0.717) is 76.5 Å². The molecule has 0 aromatic heterocycles. The molecule has 0 radical (unpaired) electrons. The lowest BCUT2D eigenvalue weighted by Gasteiger charge is -2.38. The lowest BCUT2D eigenvalue weighted by Crippen LogP contribution is -2.47. The fourth-order valence-electron chi connectivity index (χ4n) is 6.78. The molecule has 2 aliphatic heterocycles. The van der Waals surface area contributed by atoms with E-state index < -0.39 is 42.9 Å². The number of rotatable bonds is 15. The highest BCUT2D eigenvalue weighted by atomic mass is 32.2. The minimum Gasteiger partial charge on any atom is -0.492 e. The van der Waals surface area contributed by atoms with Gasteiger partial charge in [-0.1, -0.05) is 36.4 Å². The summed E-state index contributed by atoms with van der Waals surface area (Å²) in [4.78, 5) is 0.239. The zero-order chi connectivity index (χ0) is 35.6. The molecular formula is C36H47N3O9S2. The average Bonchev–Trinajstić information content (AvgIpc) is 3.86. The summed E-state index contributed by atoms with van der Waals surface area (Å²) in [6, 6.07) is 19.1. The minimum atomic E-state index is -3.86. The van der Waals surface area contributed by atoms with Crippen LogP contribution in [0, 0.1) is 0 Å². The Bertz CT molecular complexity index is 1860. The van der Waals surface area contributed by atoms with Gasteiger partial charge in [0.25, 0.3) is 0 Å². The van der Waals surface area contributed by atoms with E-state index in [1.165, 1.54) is 16.4 Å². The van der Waals surface area contributed by atoms with Crippen LogP contribution in [0.3, 0.4) is 0 Å². The molecule has 272 valence electrons. The van der Waals surface area contributed by atoms with Crippen molar-refractivity contribution in [1.29, 1.82) is 0 Å². The molecule has 2 heterocycles. The molecule has 2 saturated heterocycles. The maximum absolute atomic E-state index is 14.0. The van der Waals surface area contributed by atoms with Gasteiger partial charge < -0.3 is 35.5 Å². The standard InChI is InChI=1S/C36H47N3O9S2/c1-2-46-33-11-10-28(27-8-6-26(21-37)7-9-27)18-34(33)50(44,45)39-16-14-35(15-17-39)20-29(23-48-35)38-22-30(41)24-47-31-4-3-5-32(19-31)49(42,43)36(25-40)12-13-36/h3-11,18-19,29-30,38,40-41H,2,12-17,20-25,37H2,1H3/t29-,30?/m0/s1. The third kappa shape index (κ3) is 7.58. The van der Waals surface area contributed by atoms with Crippen molar-refractivity contribution < 1.29 is 41.3 Å². The van der Waals surface area contributed by atoms with Crippen molar-refractivity contribution >= 4 is 19.9 Å². The molecule has 1 saturated carbocycles. The first-order chi connectivity index (χ1) is 23.9. The Balaban J connectivity index is 1.01. The smallest absolute Gasteiger partial charge is 0.246 e. The molecule has 0 amide bonds. The van der Waals surface area contributed by atoms with E-state index in [4.69, 9.17) is 19.9 Å². The van der Waals surface area contributed by atoms with Crippen LogP contribution >= 0.6 is 0 Å². The largest absolute Gasteiger partial charge is 0.492 e. The number of sulfonamides is 1. The topological polar surface area (TPSA) is 178 Å². The molecule has 1 aliphatic carbocycles. The Kier molecular flexibility index (Phi) is 10.9. The molecule has 1 spiro atoms. The number of piperidine rings is 1. The third-order valence-corrected chi connectivity index (χ3v) is 14.6. The number of sulfone groups is 1. The molecule has 3 aliphatic rings. The Morgan fingerprint density at radius 2 is 1.70 bits per heavy atom. The summed E-state index contributed by atoms with van der Waals surface area (Å²) < 4.78 is 72.0. The molecule has 3 aromatic rings. The molecule has 1 unspecified atom stereocenters. The van der Waals surface area contributed by atoms with Gasteiger partial charge in [0.05, 0.1) is 35.1 Å². The van der Waals surface area contributed by atoms with E-state index in [2.05, 4.69) is 5.32 Å². The maximum Gasteiger partial charge on any atom is 0.246 e. The van der Waals surface area contributed by atoms with Gasteiger partial charge in [-0.05, 0) is 86.1 Å². The number of ether oxygens (including phenoxy) is 3. The van der Waals surface area contributed by atoms with Crippen molar-refractivity contribution in [3.8, 4) is 22.6 Å². The molecular weight excluding hydrogens is 683 g/mol. The van der Waals surface area contributed by atoms with E-state index in [0.717, 1.165) is 16.7 Å². The monoisotopic (exact) mass is 729 g/mol. The van der Waals surface area contributed by atoms with Gasteiger partial charge >= 0.3 is 0 Å². The molecule has 0 bridgehead atoms. The van der Waals surface area contributed by atoms with Crippen molar-refractivity contribution in [2.45, 2.75) is 77.9 Å². The fraction of sp³-hybridized carbons (Fsp3) is 0.500. The van der Waals surface area contributed by atoms with Crippen molar-refractivity contribution in [2.24, 2.45) is 5.73 Å². The van der Waals surface area contributed by atoms with Crippen LogP contribution < -0.4 is 20.5 Å². The van der Waals surface area contributed by atoms with E-state index in [-0.39, 0.29) is 29.0 Å². The van der Waals surface area contributed by atoms with Crippen LogP contribution in [0.2, 0.25) is 0 Å². The lowest BCUT2D eigenvalue weighted by molar-refractivity contribution is -0.0312. The predicted molar refractivity (Wildman–Crippen MR) is 188 cm³/mol. The summed E-state index contributed by atoms with van der Waals surface area (Å²) in [7, 11) is -7.54. The normalized spacial score (nSPS) is 20.8. The van der Waals surface area contributed by atoms with Crippen molar-refractivity contribution in [2.75, 3.05) is 46.1 Å². The summed E-state index contributed by atoms with van der Waals surface area (Å²) in [6.07, 6.45) is 1.76. The highest BCUT2D eigenvalue weighted by Gasteiger charge is 2.54. The second kappa shape index (κ2) is 14.9. The molecule has 6 rings (SSSR count). The average molecular weight is 730 g/mol. The summed E-state index contributed by atoms with van der Waals surface area (Å²) in [5.41, 5.74) is 7.94. The third-order valence-electron chi connectivity index (χ3n) is 10.1. The Morgan fingerprint density at radius 3 is 2.36 bits per heavy atom. The van der Waals surface area contributed by atoms with Gasteiger partial charge in [-0.3, -0.25) is 0 Å². The number of nitrogens with two attached hydrogens (primary N) is 1. The first kappa shape index (κ1) is 36.7. The van der Waals surface area contributed by atoms with Gasteiger partial charge in [-0.2, -0.15) is 4.31 Å². The first-order valence-corrected chi connectivity index (χ1v) is 20.1. The van der Waals surface area contributed by atoms with E-state index in [1.54, 1.807) is 24.3 Å². The van der Waals surface area contributed by atoms with Crippen molar-refractivity contribution in [3.05, 3.63) is 72.3 Å². The molecule has 5 N–H and O–H groups in total. The molecule has 3 aromatic carbocycles. The SMILES string of the molecule is CCOc1ccc(-c2ccc(CN)cc2)cc1S(=O)(=O)N1CCC2(CC1)C[C@H](NCC(O)COc1cccc(S(=O)(=O)C3(CO)CC3)c1)CO2. The number of hydrogen-bond donors (Lipinski definition) is 4. The van der Waals surface area contributed by atoms with Crippen LogP contribution in [-0.2, 0) is 31.1 Å².